The molecule has 1 unspecified atom stereocenters. The molecular weight excluding hydrogens is 346 g/mol. The van der Waals surface area contributed by atoms with Crippen molar-refractivity contribution in [1.29, 1.82) is 0 Å². The quantitative estimate of drug-likeness (QED) is 0.707. The molecule has 0 aliphatic heterocycles. The number of amides is 1. The fourth-order valence-electron chi connectivity index (χ4n) is 1.87. The van der Waals surface area contributed by atoms with Gasteiger partial charge >= 0.3 is 0 Å². The second-order valence-corrected chi connectivity index (χ2v) is 6.56. The minimum atomic E-state index is -2.69. The lowest BCUT2D eigenvalue weighted by Gasteiger charge is -2.21. The van der Waals surface area contributed by atoms with Crippen molar-refractivity contribution in [1.82, 2.24) is 5.16 Å². The Kier molecular flexibility index (Phi) is 4.07. The summed E-state index contributed by atoms with van der Waals surface area (Å²) in [5, 5.41) is 9.45. The fraction of sp³-hybridized carbons (Fsp3) is 0. The number of primary amides is 1. The summed E-state index contributed by atoms with van der Waals surface area (Å²) < 4.78 is 29.1. The highest BCUT2D eigenvalue weighted by atomic mass is 32.2. The molecule has 0 aromatic carbocycles. The van der Waals surface area contributed by atoms with Gasteiger partial charge in [0.2, 0.25) is 0 Å². The average molecular weight is 354 g/mol. The van der Waals surface area contributed by atoms with Crippen molar-refractivity contribution in [3.8, 4) is 11.3 Å². The molecule has 3 aromatic rings. The van der Waals surface area contributed by atoms with Gasteiger partial charge in [0.05, 0.1) is 11.3 Å². The summed E-state index contributed by atoms with van der Waals surface area (Å²) in [6.07, 6.45) is 0. The molecule has 2 N–H and O–H groups in total. The monoisotopic (exact) mass is 354 g/mol. The number of anilines is 2. The molecule has 0 spiro atoms. The van der Waals surface area contributed by atoms with Crippen LogP contribution >= 0.6 is 22.7 Å². The summed E-state index contributed by atoms with van der Waals surface area (Å²) in [6, 6.07) is 5.00. The first kappa shape index (κ1) is 14.9. The predicted molar refractivity (Wildman–Crippen MR) is 83.7 cm³/mol. The van der Waals surface area contributed by atoms with Crippen molar-refractivity contribution in [2.24, 2.45) is 5.73 Å². The second kappa shape index (κ2) is 6.01. The van der Waals surface area contributed by atoms with E-state index in [0.29, 0.717) is 10.6 Å². The zero-order valence-corrected chi connectivity index (χ0v) is 13.2. The van der Waals surface area contributed by atoms with Gasteiger partial charge in [-0.1, -0.05) is 5.16 Å². The Morgan fingerprint density at radius 1 is 1.41 bits per heavy atom. The highest BCUT2D eigenvalue weighted by molar-refractivity contribution is 7.81. The predicted octanol–water partition coefficient (Wildman–Crippen LogP) is 2.50. The summed E-state index contributed by atoms with van der Waals surface area (Å²) in [6.45, 7) is 0. The van der Waals surface area contributed by atoms with E-state index in [1.165, 1.54) is 22.7 Å². The van der Waals surface area contributed by atoms with Gasteiger partial charge in [0.1, 0.15) is 16.3 Å². The molecule has 0 saturated heterocycles. The van der Waals surface area contributed by atoms with Crippen LogP contribution in [-0.2, 0) is 11.3 Å². The molecule has 10 heteroatoms. The van der Waals surface area contributed by atoms with E-state index in [9.17, 15) is 13.6 Å². The molecule has 0 aliphatic rings. The third-order valence-electron chi connectivity index (χ3n) is 2.75. The highest BCUT2D eigenvalue weighted by Gasteiger charge is 2.28. The van der Waals surface area contributed by atoms with Crippen molar-refractivity contribution in [2.75, 3.05) is 4.31 Å². The van der Waals surface area contributed by atoms with Gasteiger partial charge in [0.25, 0.3) is 11.8 Å². The van der Waals surface area contributed by atoms with E-state index >= 15 is 0 Å². The topological polar surface area (TPSA) is 112 Å². The van der Waals surface area contributed by atoms with Gasteiger partial charge in [-0.05, 0) is 29.0 Å². The van der Waals surface area contributed by atoms with Crippen LogP contribution < -0.4 is 10.0 Å². The van der Waals surface area contributed by atoms with Crippen LogP contribution in [0.25, 0.3) is 11.3 Å². The van der Waals surface area contributed by atoms with Crippen molar-refractivity contribution < 1.29 is 18.1 Å². The average Bonchev–Trinajstić information content (AvgIpc) is 3.20. The molecule has 0 saturated carbocycles. The van der Waals surface area contributed by atoms with Crippen LogP contribution in [0.15, 0.2) is 38.9 Å². The Labute approximate surface area is 135 Å². The summed E-state index contributed by atoms with van der Waals surface area (Å²) in [4.78, 5) is 11.8. The molecule has 0 fully saturated rings. The lowest BCUT2D eigenvalue weighted by molar-refractivity contribution is 0.100. The Bertz CT molecular complexity index is 811. The van der Waals surface area contributed by atoms with Crippen LogP contribution in [0.1, 0.15) is 10.4 Å². The number of thiophene rings is 2. The maximum atomic E-state index is 11.8. The standard InChI is InChI=1S/C12H9N3O4S3/c13-11(16)9-10(7-3-5-20-6-7)14-19-12(9)15(22(17)18)8-2-1-4-21-8/h1-6H,(H2,13,16)(H,17,18)/p-1. The molecule has 3 heterocycles. The summed E-state index contributed by atoms with van der Waals surface area (Å²) in [7, 11) is 0. The summed E-state index contributed by atoms with van der Waals surface area (Å²) >= 11 is -0.103. The third kappa shape index (κ3) is 2.57. The van der Waals surface area contributed by atoms with E-state index in [1.807, 2.05) is 0 Å². The van der Waals surface area contributed by atoms with Gasteiger partial charge in [-0.25, -0.2) is 4.31 Å². The fourth-order valence-corrected chi connectivity index (χ4v) is 3.92. The number of hydrogen-bond acceptors (Lipinski definition) is 7. The molecule has 1 amide bonds. The molecule has 7 nitrogen and oxygen atoms in total. The minimum absolute atomic E-state index is 0.0731. The van der Waals surface area contributed by atoms with E-state index in [0.717, 1.165) is 4.31 Å². The molecule has 22 heavy (non-hydrogen) atoms. The van der Waals surface area contributed by atoms with Crippen molar-refractivity contribution in [3.63, 3.8) is 0 Å². The molecule has 3 rings (SSSR count). The first-order valence-corrected chi connectivity index (χ1v) is 8.70. The van der Waals surface area contributed by atoms with E-state index in [-0.39, 0.29) is 17.1 Å². The Balaban J connectivity index is 2.18. The van der Waals surface area contributed by atoms with Crippen LogP contribution in [0.5, 0.6) is 0 Å². The molecule has 3 aromatic heterocycles. The van der Waals surface area contributed by atoms with Gasteiger partial charge in [-0.15, -0.1) is 11.3 Å². The zero-order chi connectivity index (χ0) is 15.7. The van der Waals surface area contributed by atoms with Gasteiger partial charge in [0, 0.05) is 10.9 Å². The van der Waals surface area contributed by atoms with Crippen molar-refractivity contribution >= 4 is 50.7 Å². The SMILES string of the molecule is NC(=O)c1c(-c2ccsc2)noc1N(c1cccs1)S(=O)[O-]. The Morgan fingerprint density at radius 2 is 2.23 bits per heavy atom. The van der Waals surface area contributed by atoms with E-state index in [4.69, 9.17) is 10.3 Å². The number of nitrogens with two attached hydrogens (primary N) is 1. The Morgan fingerprint density at radius 3 is 2.77 bits per heavy atom. The largest absolute Gasteiger partial charge is 0.755 e. The van der Waals surface area contributed by atoms with E-state index in [2.05, 4.69) is 5.16 Å². The van der Waals surface area contributed by atoms with Gasteiger partial charge < -0.3 is 14.8 Å². The minimum Gasteiger partial charge on any atom is -0.755 e. The number of carbonyl (C=O) groups excluding carboxylic acids is 1. The van der Waals surface area contributed by atoms with E-state index in [1.54, 1.807) is 34.3 Å². The lowest BCUT2D eigenvalue weighted by Crippen LogP contribution is -2.22. The van der Waals surface area contributed by atoms with E-state index < -0.39 is 17.2 Å². The van der Waals surface area contributed by atoms with Crippen molar-refractivity contribution in [3.05, 3.63) is 39.9 Å². The van der Waals surface area contributed by atoms with Gasteiger partial charge in [-0.2, -0.15) is 11.3 Å². The maximum absolute atomic E-state index is 11.8. The van der Waals surface area contributed by atoms with Crippen molar-refractivity contribution in [2.45, 2.75) is 0 Å². The van der Waals surface area contributed by atoms with Crippen LogP contribution in [0, 0.1) is 0 Å². The Hall–Kier alpha value is -2.01. The number of hydrogen-bond donors (Lipinski definition) is 1. The summed E-state index contributed by atoms with van der Waals surface area (Å²) in [5.74, 6) is -1.03. The smallest absolute Gasteiger partial charge is 0.257 e. The highest BCUT2D eigenvalue weighted by Crippen LogP contribution is 2.37. The van der Waals surface area contributed by atoms with Crippen LogP contribution in [0.2, 0.25) is 0 Å². The molecule has 0 radical (unpaired) electrons. The summed E-state index contributed by atoms with van der Waals surface area (Å²) in [5.41, 5.74) is 6.18. The number of nitrogens with zero attached hydrogens (tertiary/aromatic N) is 2. The van der Waals surface area contributed by atoms with Crippen LogP contribution in [0.4, 0.5) is 10.9 Å². The number of carbonyl (C=O) groups is 1. The van der Waals surface area contributed by atoms with Crippen LogP contribution in [0.3, 0.4) is 0 Å². The maximum Gasteiger partial charge on any atom is 0.257 e. The first-order valence-electron chi connectivity index (χ1n) is 5.84. The number of aromatic nitrogens is 1. The van der Waals surface area contributed by atoms with Gasteiger partial charge in [0.15, 0.2) is 0 Å². The molecule has 1 atom stereocenters. The third-order valence-corrected chi connectivity index (χ3v) is 5.07. The normalized spacial score (nSPS) is 12.2. The first-order chi connectivity index (χ1) is 10.6. The molecule has 0 aliphatic carbocycles. The van der Waals surface area contributed by atoms with Crippen LogP contribution in [-0.4, -0.2) is 19.8 Å². The molecular formula is C12H8N3O4S3-. The number of rotatable bonds is 5. The molecule has 114 valence electrons. The zero-order valence-electron chi connectivity index (χ0n) is 10.8. The van der Waals surface area contributed by atoms with Gasteiger partial charge in [-0.3, -0.25) is 9.00 Å². The molecule has 0 bridgehead atoms. The lowest BCUT2D eigenvalue weighted by atomic mass is 10.1. The second-order valence-electron chi connectivity index (χ2n) is 4.05.